The summed E-state index contributed by atoms with van der Waals surface area (Å²) in [5.41, 5.74) is 3.71. The molecule has 0 N–H and O–H groups in total. The van der Waals surface area contributed by atoms with Gasteiger partial charge in [-0.2, -0.15) is 0 Å². The van der Waals surface area contributed by atoms with Crippen LogP contribution in [0.1, 0.15) is 0 Å². The average molecular weight is 518 g/mol. The van der Waals surface area contributed by atoms with E-state index in [2.05, 4.69) is 144 Å². The summed E-state index contributed by atoms with van der Waals surface area (Å²) in [6, 6.07) is 51.8. The molecule has 0 saturated carbocycles. The molecule has 9 aromatic carbocycles. The molecular weight excluding hydrogens is 494 g/mol. The number of nitrogens with zero attached hydrogens (tertiary/aromatic N) is 1. The fourth-order valence-electron chi connectivity index (χ4n) is 7.57. The van der Waals surface area contributed by atoms with Crippen molar-refractivity contribution in [2.24, 2.45) is 0 Å². The first-order valence-corrected chi connectivity index (χ1v) is 14.3. The lowest BCUT2D eigenvalue weighted by atomic mass is 9.92. The largest absolute Gasteiger partial charge is 0.309 e. The summed E-state index contributed by atoms with van der Waals surface area (Å²) in [6.45, 7) is 0. The van der Waals surface area contributed by atoms with Gasteiger partial charge in [0, 0.05) is 27.2 Å². The van der Waals surface area contributed by atoms with E-state index in [-0.39, 0.29) is 0 Å². The van der Waals surface area contributed by atoms with Crippen molar-refractivity contribution in [3.8, 4) is 5.69 Å². The number of rotatable bonds is 1. The van der Waals surface area contributed by atoms with Crippen LogP contribution >= 0.6 is 0 Å². The Morgan fingerprint density at radius 1 is 0.317 bits per heavy atom. The molecule has 0 aliphatic carbocycles. The predicted octanol–water partition coefficient (Wildman–Crippen LogP) is 11.1. The van der Waals surface area contributed by atoms with Crippen LogP contribution < -0.4 is 0 Å². The number of hydrogen-bond acceptors (Lipinski definition) is 0. The summed E-state index contributed by atoms with van der Waals surface area (Å²) < 4.78 is 2.52. The minimum Gasteiger partial charge on any atom is -0.309 e. The third-order valence-corrected chi connectivity index (χ3v) is 9.23. The van der Waals surface area contributed by atoms with E-state index >= 15 is 0 Å². The first kappa shape index (κ1) is 21.4. The second-order valence-electron chi connectivity index (χ2n) is 11.3. The lowest BCUT2D eigenvalue weighted by Crippen LogP contribution is -1.96. The van der Waals surface area contributed by atoms with Crippen molar-refractivity contribution < 1.29 is 0 Å². The van der Waals surface area contributed by atoms with Crippen LogP contribution in [0.15, 0.2) is 140 Å². The van der Waals surface area contributed by atoms with Crippen LogP contribution in [0.5, 0.6) is 0 Å². The van der Waals surface area contributed by atoms with Crippen LogP contribution in [0.25, 0.3) is 92.1 Å². The smallest absolute Gasteiger partial charge is 0.0626 e. The lowest BCUT2D eigenvalue weighted by Gasteiger charge is -2.16. The molecule has 188 valence electrons. The number of benzene rings is 9. The van der Waals surface area contributed by atoms with Crippen LogP contribution in [0.4, 0.5) is 0 Å². The molecule has 0 aliphatic rings. The molecule has 0 atom stereocenters. The van der Waals surface area contributed by atoms with E-state index in [1.807, 2.05) is 0 Å². The first-order chi connectivity index (χ1) is 20.3. The maximum atomic E-state index is 2.52. The highest BCUT2D eigenvalue weighted by molar-refractivity contribution is 6.37. The van der Waals surface area contributed by atoms with Gasteiger partial charge in [-0.25, -0.2) is 0 Å². The second-order valence-corrected chi connectivity index (χ2v) is 11.3. The van der Waals surface area contributed by atoms with Crippen molar-refractivity contribution in [1.82, 2.24) is 4.57 Å². The Bertz CT molecular complexity index is 2630. The number of fused-ring (bicyclic) bond motifs is 10. The van der Waals surface area contributed by atoms with Gasteiger partial charge in [-0.1, -0.05) is 121 Å². The van der Waals surface area contributed by atoms with E-state index in [4.69, 9.17) is 0 Å². The van der Waals surface area contributed by atoms with Crippen LogP contribution in [0.3, 0.4) is 0 Å². The van der Waals surface area contributed by atoms with E-state index in [0.29, 0.717) is 0 Å². The Hall–Kier alpha value is -5.40. The molecule has 0 spiro atoms. The molecule has 1 nitrogen and oxygen atoms in total. The van der Waals surface area contributed by atoms with Crippen LogP contribution in [0, 0.1) is 0 Å². The molecule has 0 fully saturated rings. The van der Waals surface area contributed by atoms with Gasteiger partial charge >= 0.3 is 0 Å². The Morgan fingerprint density at radius 2 is 0.878 bits per heavy atom. The van der Waals surface area contributed by atoms with Crippen LogP contribution in [-0.4, -0.2) is 4.57 Å². The van der Waals surface area contributed by atoms with Gasteiger partial charge in [0.05, 0.1) is 11.0 Å². The maximum absolute atomic E-state index is 2.52. The molecule has 0 saturated heterocycles. The van der Waals surface area contributed by atoms with Gasteiger partial charge in [-0.15, -0.1) is 0 Å². The second kappa shape index (κ2) is 7.62. The topological polar surface area (TPSA) is 4.93 Å². The molecule has 10 aromatic rings. The third-order valence-electron chi connectivity index (χ3n) is 9.23. The summed E-state index contributed by atoms with van der Waals surface area (Å²) in [5.74, 6) is 0. The van der Waals surface area contributed by atoms with Crippen LogP contribution in [0.2, 0.25) is 0 Å². The first-order valence-electron chi connectivity index (χ1n) is 14.3. The Balaban J connectivity index is 1.47. The molecule has 1 heterocycles. The number of hydrogen-bond donors (Lipinski definition) is 0. The Kier molecular flexibility index (Phi) is 3.98. The monoisotopic (exact) mass is 517 g/mol. The zero-order valence-electron chi connectivity index (χ0n) is 22.2. The highest BCUT2D eigenvalue weighted by atomic mass is 15.0. The minimum absolute atomic E-state index is 1.20. The van der Waals surface area contributed by atoms with Crippen molar-refractivity contribution in [3.05, 3.63) is 140 Å². The van der Waals surface area contributed by atoms with E-state index in [1.54, 1.807) is 0 Å². The molecule has 1 aromatic heterocycles. The SMILES string of the molecule is c1ccc2c(c1)ccc1c3ccccc3c3c(c4ccccc4n3-c3cc4ccc5cccc6ccc(c3)c4c56)c21. The van der Waals surface area contributed by atoms with Crippen molar-refractivity contribution in [1.29, 1.82) is 0 Å². The Morgan fingerprint density at radius 3 is 1.66 bits per heavy atom. The molecule has 1 heteroatoms. The summed E-state index contributed by atoms with van der Waals surface area (Å²) in [4.78, 5) is 0. The third kappa shape index (κ3) is 2.70. The van der Waals surface area contributed by atoms with Gasteiger partial charge in [0.2, 0.25) is 0 Å². The van der Waals surface area contributed by atoms with Gasteiger partial charge in [0.1, 0.15) is 0 Å². The van der Waals surface area contributed by atoms with Gasteiger partial charge in [-0.3, -0.25) is 0 Å². The summed E-state index contributed by atoms with van der Waals surface area (Å²) in [5, 5.41) is 18.3. The van der Waals surface area contributed by atoms with Crippen LogP contribution in [-0.2, 0) is 0 Å². The average Bonchev–Trinajstić information content (AvgIpc) is 3.39. The molecule has 0 unspecified atom stereocenters. The van der Waals surface area contributed by atoms with Crippen molar-refractivity contribution in [3.63, 3.8) is 0 Å². The van der Waals surface area contributed by atoms with Crippen molar-refractivity contribution >= 4 is 86.4 Å². The van der Waals surface area contributed by atoms with Gasteiger partial charge in [0.15, 0.2) is 0 Å². The molecule has 0 bridgehead atoms. The fourth-order valence-corrected chi connectivity index (χ4v) is 7.57. The van der Waals surface area contributed by atoms with E-state index in [0.717, 1.165) is 0 Å². The molecule has 0 radical (unpaired) electrons. The molecular formula is C40H23N. The summed E-state index contributed by atoms with van der Waals surface area (Å²) >= 11 is 0. The zero-order valence-corrected chi connectivity index (χ0v) is 22.2. The summed E-state index contributed by atoms with van der Waals surface area (Å²) in [6.07, 6.45) is 0. The van der Waals surface area contributed by atoms with E-state index in [1.165, 1.54) is 92.1 Å². The quantitative estimate of drug-likeness (QED) is 0.191. The van der Waals surface area contributed by atoms with Crippen molar-refractivity contribution in [2.45, 2.75) is 0 Å². The normalized spacial score (nSPS) is 12.4. The lowest BCUT2D eigenvalue weighted by molar-refractivity contribution is 1.20. The molecule has 0 amide bonds. The summed E-state index contributed by atoms with van der Waals surface area (Å²) in [7, 11) is 0. The predicted molar refractivity (Wildman–Crippen MR) is 177 cm³/mol. The maximum Gasteiger partial charge on any atom is 0.0626 e. The number of para-hydroxylation sites is 1. The molecule has 0 aliphatic heterocycles. The highest BCUT2D eigenvalue weighted by Gasteiger charge is 2.21. The zero-order chi connectivity index (χ0) is 26.7. The number of aromatic nitrogens is 1. The van der Waals surface area contributed by atoms with E-state index < -0.39 is 0 Å². The van der Waals surface area contributed by atoms with Gasteiger partial charge in [0.25, 0.3) is 0 Å². The van der Waals surface area contributed by atoms with Crippen molar-refractivity contribution in [2.75, 3.05) is 0 Å². The standard InChI is InChI=1S/C40H23N/c1-2-11-30-24(8-1)20-21-32-31-12-3-4-13-33(31)40-39(38(30)32)34-14-5-6-15-35(34)41(40)29-22-27-18-16-25-9-7-10-26-17-19-28(23-29)37(27)36(25)26/h1-23H. The minimum atomic E-state index is 1.20. The Labute approximate surface area is 235 Å². The van der Waals surface area contributed by atoms with Gasteiger partial charge < -0.3 is 4.57 Å². The highest BCUT2D eigenvalue weighted by Crippen LogP contribution is 2.45. The van der Waals surface area contributed by atoms with Gasteiger partial charge in [-0.05, 0) is 72.1 Å². The fraction of sp³-hybridized carbons (Fsp3) is 0. The molecule has 41 heavy (non-hydrogen) atoms. The molecule has 10 rings (SSSR count). The van der Waals surface area contributed by atoms with E-state index in [9.17, 15) is 0 Å².